The first-order valence-corrected chi connectivity index (χ1v) is 11.5. The Labute approximate surface area is 196 Å². The van der Waals surface area contributed by atoms with Crippen LogP contribution in [-0.2, 0) is 13.2 Å². The van der Waals surface area contributed by atoms with E-state index in [2.05, 4.69) is 37.3 Å². The van der Waals surface area contributed by atoms with Crippen LogP contribution in [0, 0.1) is 20.8 Å². The Bertz CT molecular complexity index is 1240. The monoisotopic (exact) mass is 465 g/mol. The lowest BCUT2D eigenvalue weighted by Gasteiger charge is -2.11. The molecule has 0 aliphatic rings. The number of hydrogen-bond acceptors (Lipinski definition) is 4. The molecule has 32 heavy (non-hydrogen) atoms. The number of anilines is 1. The number of nitrogens with one attached hydrogen (secondary N) is 1. The van der Waals surface area contributed by atoms with Crippen LogP contribution in [-0.4, -0.2) is 15.7 Å². The lowest BCUT2D eigenvalue weighted by Crippen LogP contribution is -2.10. The van der Waals surface area contributed by atoms with Gasteiger partial charge in [0.05, 0.1) is 22.6 Å². The molecule has 0 aliphatic carbocycles. The molecule has 2 heterocycles. The van der Waals surface area contributed by atoms with Crippen LogP contribution in [0.2, 0.25) is 5.02 Å². The number of ether oxygens (including phenoxy) is 1. The first-order chi connectivity index (χ1) is 15.4. The van der Waals surface area contributed by atoms with Crippen molar-refractivity contribution in [3.63, 3.8) is 0 Å². The van der Waals surface area contributed by atoms with E-state index < -0.39 is 0 Å². The molecule has 2 aromatic heterocycles. The minimum absolute atomic E-state index is 0.129. The van der Waals surface area contributed by atoms with Crippen molar-refractivity contribution in [2.75, 3.05) is 5.32 Å². The molecular weight excluding hydrogens is 442 g/mol. The van der Waals surface area contributed by atoms with Crippen molar-refractivity contribution in [2.45, 2.75) is 33.9 Å². The molecule has 4 aromatic rings. The lowest BCUT2D eigenvalue weighted by atomic mass is 10.1. The highest BCUT2D eigenvalue weighted by atomic mass is 35.5. The summed E-state index contributed by atoms with van der Waals surface area (Å²) in [4.78, 5) is 13.3. The summed E-state index contributed by atoms with van der Waals surface area (Å²) in [5.41, 5.74) is 6.32. The molecule has 0 spiro atoms. The maximum atomic E-state index is 12.7. The Morgan fingerprint density at radius 3 is 2.62 bits per heavy atom. The van der Waals surface area contributed by atoms with Crippen molar-refractivity contribution in [3.8, 4) is 5.75 Å². The van der Waals surface area contributed by atoms with Gasteiger partial charge < -0.3 is 10.1 Å². The summed E-state index contributed by atoms with van der Waals surface area (Å²) in [5.74, 6) is 0.757. The standard InChI is InChI=1S/C25H24ClN3O2S/c1-16-8-17(2)18(3)23(9-16)31-14-20-10-24(32-15-20)25(30)28-22-6-4-19(5-7-22)12-29-13-21(26)11-27-29/h4-11,13,15H,12,14H2,1-3H3,(H,28,30). The van der Waals surface area contributed by atoms with E-state index in [1.165, 1.54) is 22.5 Å². The van der Waals surface area contributed by atoms with E-state index in [4.69, 9.17) is 16.3 Å². The van der Waals surface area contributed by atoms with E-state index in [9.17, 15) is 4.79 Å². The number of halogens is 1. The number of nitrogens with zero attached hydrogens (tertiary/aromatic N) is 2. The molecule has 1 amide bonds. The smallest absolute Gasteiger partial charge is 0.265 e. The molecule has 164 valence electrons. The van der Waals surface area contributed by atoms with Gasteiger partial charge >= 0.3 is 0 Å². The first-order valence-electron chi connectivity index (χ1n) is 10.2. The van der Waals surface area contributed by atoms with Gasteiger partial charge in [-0.25, -0.2) is 0 Å². The largest absolute Gasteiger partial charge is 0.489 e. The molecular formula is C25H24ClN3O2S. The Kier molecular flexibility index (Phi) is 6.63. The third-order valence-corrected chi connectivity index (χ3v) is 6.37. The highest BCUT2D eigenvalue weighted by Gasteiger charge is 2.11. The Hall–Kier alpha value is -3.09. The van der Waals surface area contributed by atoms with Crippen molar-refractivity contribution >= 4 is 34.5 Å². The van der Waals surface area contributed by atoms with Crippen LogP contribution < -0.4 is 10.1 Å². The quantitative estimate of drug-likeness (QED) is 0.343. The van der Waals surface area contributed by atoms with Crippen LogP contribution in [0.1, 0.15) is 37.5 Å². The zero-order valence-electron chi connectivity index (χ0n) is 18.2. The number of rotatable bonds is 7. The highest BCUT2D eigenvalue weighted by Crippen LogP contribution is 2.25. The van der Waals surface area contributed by atoms with Gasteiger partial charge in [0.25, 0.3) is 5.91 Å². The van der Waals surface area contributed by atoms with Crippen LogP contribution in [0.3, 0.4) is 0 Å². The molecule has 7 heteroatoms. The van der Waals surface area contributed by atoms with Crippen LogP contribution in [0.5, 0.6) is 5.75 Å². The summed E-state index contributed by atoms with van der Waals surface area (Å²) in [7, 11) is 0. The first kappa shape index (κ1) is 22.1. The van der Waals surface area contributed by atoms with E-state index in [-0.39, 0.29) is 5.91 Å². The van der Waals surface area contributed by atoms with Crippen molar-refractivity contribution in [1.82, 2.24) is 9.78 Å². The molecule has 0 unspecified atom stereocenters. The molecule has 0 aliphatic heterocycles. The molecule has 0 saturated heterocycles. The van der Waals surface area contributed by atoms with Crippen LogP contribution in [0.25, 0.3) is 0 Å². The van der Waals surface area contributed by atoms with E-state index in [1.54, 1.807) is 17.1 Å². The summed E-state index contributed by atoms with van der Waals surface area (Å²) >= 11 is 7.32. The van der Waals surface area contributed by atoms with Crippen LogP contribution >= 0.6 is 22.9 Å². The summed E-state index contributed by atoms with van der Waals surface area (Å²) < 4.78 is 7.79. The molecule has 1 N–H and O–H groups in total. The number of hydrogen-bond donors (Lipinski definition) is 1. The minimum atomic E-state index is -0.129. The molecule has 0 atom stereocenters. The van der Waals surface area contributed by atoms with Crippen LogP contribution in [0.15, 0.2) is 60.2 Å². The van der Waals surface area contributed by atoms with Gasteiger partial charge in [0, 0.05) is 17.4 Å². The van der Waals surface area contributed by atoms with Crippen LogP contribution in [0.4, 0.5) is 5.69 Å². The number of carbonyl (C=O) groups excluding carboxylic acids is 1. The van der Waals surface area contributed by atoms with Gasteiger partial charge in [0.1, 0.15) is 12.4 Å². The van der Waals surface area contributed by atoms with Crippen molar-refractivity contribution in [2.24, 2.45) is 0 Å². The van der Waals surface area contributed by atoms with Gasteiger partial charge in [-0.3, -0.25) is 9.48 Å². The summed E-state index contributed by atoms with van der Waals surface area (Å²) in [6, 6.07) is 13.8. The van der Waals surface area contributed by atoms with E-state index in [1.807, 2.05) is 41.8 Å². The van der Waals surface area contributed by atoms with Crippen molar-refractivity contribution in [1.29, 1.82) is 0 Å². The second-order valence-corrected chi connectivity index (χ2v) is 9.17. The molecule has 0 fully saturated rings. The molecule has 5 nitrogen and oxygen atoms in total. The summed E-state index contributed by atoms with van der Waals surface area (Å²) in [6.45, 7) is 7.26. The van der Waals surface area contributed by atoms with Gasteiger partial charge in [-0.2, -0.15) is 5.10 Å². The SMILES string of the molecule is Cc1cc(C)c(C)c(OCc2csc(C(=O)Nc3ccc(Cn4cc(Cl)cn4)cc3)c2)c1. The summed E-state index contributed by atoms with van der Waals surface area (Å²) in [5, 5.41) is 9.70. The van der Waals surface area contributed by atoms with E-state index in [0.29, 0.717) is 23.1 Å². The van der Waals surface area contributed by atoms with Gasteiger partial charge in [0.15, 0.2) is 0 Å². The highest BCUT2D eigenvalue weighted by molar-refractivity contribution is 7.12. The molecule has 0 bridgehead atoms. The van der Waals surface area contributed by atoms with E-state index in [0.717, 1.165) is 28.1 Å². The number of benzene rings is 2. The fraction of sp³-hybridized carbons (Fsp3) is 0.200. The molecule has 0 radical (unpaired) electrons. The minimum Gasteiger partial charge on any atom is -0.489 e. The fourth-order valence-corrected chi connectivity index (χ4v) is 4.33. The van der Waals surface area contributed by atoms with Crippen molar-refractivity contribution in [3.05, 3.63) is 98.0 Å². The van der Waals surface area contributed by atoms with Gasteiger partial charge in [-0.15, -0.1) is 11.3 Å². The molecule has 4 rings (SSSR count). The topological polar surface area (TPSA) is 56.1 Å². The number of thiophene rings is 1. The Morgan fingerprint density at radius 2 is 1.91 bits per heavy atom. The average molecular weight is 466 g/mol. The molecule has 0 saturated carbocycles. The normalized spacial score (nSPS) is 10.9. The number of carbonyl (C=O) groups is 1. The molecule has 2 aromatic carbocycles. The second kappa shape index (κ2) is 9.59. The lowest BCUT2D eigenvalue weighted by molar-refractivity contribution is 0.103. The van der Waals surface area contributed by atoms with Gasteiger partial charge in [-0.05, 0) is 72.7 Å². The maximum Gasteiger partial charge on any atom is 0.265 e. The third-order valence-electron chi connectivity index (χ3n) is 5.19. The Balaban J connectivity index is 1.34. The Morgan fingerprint density at radius 1 is 1.12 bits per heavy atom. The average Bonchev–Trinajstić information content (AvgIpc) is 3.40. The predicted octanol–water partition coefficient (Wildman–Crippen LogP) is 6.40. The van der Waals surface area contributed by atoms with Gasteiger partial charge in [0.2, 0.25) is 0 Å². The zero-order chi connectivity index (χ0) is 22.7. The number of aryl methyl sites for hydroxylation is 2. The predicted molar refractivity (Wildman–Crippen MR) is 130 cm³/mol. The maximum absolute atomic E-state index is 12.7. The fourth-order valence-electron chi connectivity index (χ4n) is 3.38. The second-order valence-electron chi connectivity index (χ2n) is 7.82. The number of aromatic nitrogens is 2. The van der Waals surface area contributed by atoms with Gasteiger partial charge in [-0.1, -0.05) is 29.8 Å². The van der Waals surface area contributed by atoms with Crippen molar-refractivity contribution < 1.29 is 9.53 Å². The van der Waals surface area contributed by atoms with E-state index >= 15 is 0 Å². The summed E-state index contributed by atoms with van der Waals surface area (Å²) in [6.07, 6.45) is 3.39. The third kappa shape index (κ3) is 5.39. The zero-order valence-corrected chi connectivity index (χ0v) is 19.8. The number of amides is 1.